The quantitative estimate of drug-likeness (QED) is 0.848. The molecular formula is C8H6BrNOS2. The van der Waals surface area contributed by atoms with Crippen molar-refractivity contribution in [2.24, 2.45) is 0 Å². The first-order chi connectivity index (χ1) is 6.29. The Bertz CT molecular complexity index is 410. The average molecular weight is 276 g/mol. The standard InChI is InChI=1S/C8H6BrNOS2/c9-5-1-8(13-4-5)7-2-6(3-12)10-11-7/h1-2,4,12H,3H2. The SMILES string of the molecule is SCc1cc(-c2cc(Br)cs2)on1. The lowest BCUT2D eigenvalue weighted by atomic mass is 10.3. The first-order valence-electron chi connectivity index (χ1n) is 3.60. The van der Waals surface area contributed by atoms with Crippen molar-refractivity contribution in [3.05, 3.63) is 27.7 Å². The minimum atomic E-state index is 0.607. The van der Waals surface area contributed by atoms with Crippen LogP contribution in [0.25, 0.3) is 10.6 Å². The monoisotopic (exact) mass is 275 g/mol. The Morgan fingerprint density at radius 1 is 1.54 bits per heavy atom. The van der Waals surface area contributed by atoms with Crippen LogP contribution in [0.4, 0.5) is 0 Å². The molecule has 0 aliphatic carbocycles. The molecule has 0 unspecified atom stereocenters. The van der Waals surface area contributed by atoms with Gasteiger partial charge in [-0.05, 0) is 22.0 Å². The zero-order valence-electron chi connectivity index (χ0n) is 6.53. The van der Waals surface area contributed by atoms with Crippen molar-refractivity contribution in [1.82, 2.24) is 5.16 Å². The van der Waals surface area contributed by atoms with Crippen LogP contribution in [0.1, 0.15) is 5.69 Å². The largest absolute Gasteiger partial charge is 0.355 e. The van der Waals surface area contributed by atoms with E-state index in [0.717, 1.165) is 20.8 Å². The molecule has 0 fully saturated rings. The Morgan fingerprint density at radius 2 is 2.38 bits per heavy atom. The molecule has 13 heavy (non-hydrogen) atoms. The molecule has 0 atom stereocenters. The molecule has 68 valence electrons. The summed E-state index contributed by atoms with van der Waals surface area (Å²) < 4.78 is 6.21. The fourth-order valence-electron chi connectivity index (χ4n) is 0.945. The molecule has 0 aliphatic heterocycles. The Kier molecular flexibility index (Phi) is 2.76. The summed E-state index contributed by atoms with van der Waals surface area (Å²) in [5.74, 6) is 1.41. The zero-order valence-corrected chi connectivity index (χ0v) is 9.82. The fourth-order valence-corrected chi connectivity index (χ4v) is 2.47. The maximum atomic E-state index is 5.15. The van der Waals surface area contributed by atoms with E-state index in [1.807, 2.05) is 17.5 Å². The molecule has 2 aromatic rings. The third kappa shape index (κ3) is 1.98. The summed E-state index contributed by atoms with van der Waals surface area (Å²) in [5, 5.41) is 5.87. The lowest BCUT2D eigenvalue weighted by Crippen LogP contribution is -1.70. The van der Waals surface area contributed by atoms with Crippen LogP contribution in [0, 0.1) is 0 Å². The van der Waals surface area contributed by atoms with Crippen LogP contribution < -0.4 is 0 Å². The summed E-state index contributed by atoms with van der Waals surface area (Å²) in [6.07, 6.45) is 0. The second kappa shape index (κ2) is 3.86. The molecule has 5 heteroatoms. The smallest absolute Gasteiger partial charge is 0.177 e. The normalized spacial score (nSPS) is 10.6. The molecule has 0 amide bonds. The van der Waals surface area contributed by atoms with E-state index in [1.165, 1.54) is 0 Å². The Hall–Kier alpha value is -0.260. The van der Waals surface area contributed by atoms with Gasteiger partial charge in [0.25, 0.3) is 0 Å². The highest BCUT2D eigenvalue weighted by molar-refractivity contribution is 9.10. The predicted octanol–water partition coefficient (Wildman–Crippen LogP) is 3.60. The topological polar surface area (TPSA) is 26.0 Å². The van der Waals surface area contributed by atoms with Crippen molar-refractivity contribution in [3.8, 4) is 10.6 Å². The van der Waals surface area contributed by atoms with Crippen LogP contribution >= 0.6 is 39.9 Å². The summed E-state index contributed by atoms with van der Waals surface area (Å²) in [4.78, 5) is 1.08. The van der Waals surface area contributed by atoms with Crippen molar-refractivity contribution >= 4 is 39.9 Å². The maximum Gasteiger partial charge on any atom is 0.177 e. The molecule has 0 N–H and O–H groups in total. The Balaban J connectivity index is 2.35. The number of thiophene rings is 1. The highest BCUT2D eigenvalue weighted by Crippen LogP contribution is 2.30. The second-order valence-corrected chi connectivity index (χ2v) is 4.61. The van der Waals surface area contributed by atoms with Gasteiger partial charge < -0.3 is 4.52 Å². The van der Waals surface area contributed by atoms with E-state index in [4.69, 9.17) is 4.52 Å². The molecule has 0 bridgehead atoms. The number of halogens is 1. The molecular weight excluding hydrogens is 270 g/mol. The van der Waals surface area contributed by atoms with Gasteiger partial charge in [0.05, 0.1) is 10.6 Å². The number of rotatable bonds is 2. The van der Waals surface area contributed by atoms with E-state index < -0.39 is 0 Å². The van der Waals surface area contributed by atoms with Gasteiger partial charge in [-0.15, -0.1) is 11.3 Å². The second-order valence-electron chi connectivity index (χ2n) is 2.47. The first kappa shape index (κ1) is 9.30. The van der Waals surface area contributed by atoms with Gasteiger partial charge in [0.2, 0.25) is 0 Å². The minimum Gasteiger partial charge on any atom is -0.355 e. The van der Waals surface area contributed by atoms with Crippen molar-refractivity contribution in [2.75, 3.05) is 0 Å². The molecule has 0 saturated heterocycles. The first-order valence-corrected chi connectivity index (χ1v) is 5.91. The maximum absolute atomic E-state index is 5.15. The van der Waals surface area contributed by atoms with Crippen molar-refractivity contribution < 1.29 is 4.52 Å². The van der Waals surface area contributed by atoms with Crippen LogP contribution in [-0.2, 0) is 5.75 Å². The van der Waals surface area contributed by atoms with Crippen molar-refractivity contribution in [1.29, 1.82) is 0 Å². The number of hydrogen-bond acceptors (Lipinski definition) is 4. The predicted molar refractivity (Wildman–Crippen MR) is 60.2 cm³/mol. The molecule has 2 rings (SSSR count). The molecule has 0 saturated carbocycles. The molecule has 0 radical (unpaired) electrons. The van der Waals surface area contributed by atoms with Gasteiger partial charge >= 0.3 is 0 Å². The lowest BCUT2D eigenvalue weighted by Gasteiger charge is -1.83. The van der Waals surface area contributed by atoms with Gasteiger partial charge in [-0.25, -0.2) is 0 Å². The van der Waals surface area contributed by atoms with Gasteiger partial charge in [-0.3, -0.25) is 0 Å². The zero-order chi connectivity index (χ0) is 9.26. The summed E-state index contributed by atoms with van der Waals surface area (Å²) in [7, 11) is 0. The van der Waals surface area contributed by atoms with Gasteiger partial charge in [0.1, 0.15) is 0 Å². The number of aromatic nitrogens is 1. The van der Waals surface area contributed by atoms with E-state index in [-0.39, 0.29) is 0 Å². The van der Waals surface area contributed by atoms with Crippen LogP contribution in [0.5, 0.6) is 0 Å². The minimum absolute atomic E-state index is 0.607. The molecule has 2 aromatic heterocycles. The van der Waals surface area contributed by atoms with Gasteiger partial charge in [0, 0.05) is 21.7 Å². The number of hydrogen-bond donors (Lipinski definition) is 1. The number of nitrogens with zero attached hydrogens (tertiary/aromatic N) is 1. The van der Waals surface area contributed by atoms with E-state index in [0.29, 0.717) is 5.75 Å². The summed E-state index contributed by atoms with van der Waals surface area (Å²) >= 11 is 9.12. The average Bonchev–Trinajstić information content (AvgIpc) is 2.71. The molecule has 2 nitrogen and oxygen atoms in total. The van der Waals surface area contributed by atoms with Crippen LogP contribution in [0.15, 0.2) is 26.5 Å². The van der Waals surface area contributed by atoms with Crippen LogP contribution in [0.3, 0.4) is 0 Å². The molecule has 0 aromatic carbocycles. The van der Waals surface area contributed by atoms with Crippen molar-refractivity contribution in [3.63, 3.8) is 0 Å². The molecule has 0 aliphatic rings. The highest BCUT2D eigenvalue weighted by Gasteiger charge is 2.07. The van der Waals surface area contributed by atoms with Crippen LogP contribution in [0.2, 0.25) is 0 Å². The Morgan fingerprint density at radius 3 is 2.92 bits per heavy atom. The van der Waals surface area contributed by atoms with Crippen molar-refractivity contribution in [2.45, 2.75) is 5.75 Å². The third-order valence-corrected chi connectivity index (χ3v) is 3.56. The third-order valence-electron chi connectivity index (χ3n) is 1.53. The summed E-state index contributed by atoms with van der Waals surface area (Å²) in [6.45, 7) is 0. The summed E-state index contributed by atoms with van der Waals surface area (Å²) in [6, 6.07) is 3.92. The van der Waals surface area contributed by atoms with Gasteiger partial charge in [-0.1, -0.05) is 5.16 Å². The number of thiol groups is 1. The van der Waals surface area contributed by atoms with E-state index in [1.54, 1.807) is 11.3 Å². The van der Waals surface area contributed by atoms with E-state index in [2.05, 4.69) is 33.7 Å². The van der Waals surface area contributed by atoms with Gasteiger partial charge in [0.15, 0.2) is 5.76 Å². The van der Waals surface area contributed by atoms with E-state index in [9.17, 15) is 0 Å². The molecule has 0 spiro atoms. The summed E-state index contributed by atoms with van der Waals surface area (Å²) in [5.41, 5.74) is 0.864. The Labute approximate surface area is 93.5 Å². The molecule has 2 heterocycles. The van der Waals surface area contributed by atoms with Crippen LogP contribution in [-0.4, -0.2) is 5.16 Å². The van der Waals surface area contributed by atoms with E-state index >= 15 is 0 Å². The van der Waals surface area contributed by atoms with Gasteiger partial charge in [-0.2, -0.15) is 12.6 Å². The lowest BCUT2D eigenvalue weighted by molar-refractivity contribution is 0.427. The highest BCUT2D eigenvalue weighted by atomic mass is 79.9. The fraction of sp³-hybridized carbons (Fsp3) is 0.125.